The van der Waals surface area contributed by atoms with E-state index in [1.165, 1.54) is 6.08 Å². The van der Waals surface area contributed by atoms with Gasteiger partial charge < -0.3 is 9.47 Å². The van der Waals surface area contributed by atoms with Gasteiger partial charge in [0.05, 0.1) is 12.7 Å². The van der Waals surface area contributed by atoms with Gasteiger partial charge in [-0.05, 0) is 12.8 Å². The minimum Gasteiger partial charge on any atom is -0.459 e. The normalized spacial score (nSPS) is 24.8. The van der Waals surface area contributed by atoms with E-state index in [-0.39, 0.29) is 17.5 Å². The lowest BCUT2D eigenvalue weighted by Gasteiger charge is -2.12. The number of nitrogens with zero attached hydrogens (tertiary/aromatic N) is 1. The lowest BCUT2D eigenvalue weighted by Crippen LogP contribution is -2.17. The van der Waals surface area contributed by atoms with Crippen molar-refractivity contribution in [1.82, 2.24) is 0 Å². The Hall–Kier alpha value is -1.60. The number of rotatable bonds is 5. The SMILES string of the molecule is C=C(C(=O)OCC1CO1)C1(C=CC#N)CC1. The first kappa shape index (κ1) is 10.9. The van der Waals surface area contributed by atoms with Crippen LogP contribution in [0.25, 0.3) is 0 Å². The number of ether oxygens (including phenoxy) is 2. The Labute approximate surface area is 94.1 Å². The van der Waals surface area contributed by atoms with Crippen LogP contribution in [0.4, 0.5) is 0 Å². The van der Waals surface area contributed by atoms with Gasteiger partial charge >= 0.3 is 5.97 Å². The summed E-state index contributed by atoms with van der Waals surface area (Å²) in [5.41, 5.74) is 0.122. The van der Waals surface area contributed by atoms with Gasteiger partial charge in [0.2, 0.25) is 0 Å². The molecular weight excluding hydrogens is 206 g/mol. The Kier molecular flexibility index (Phi) is 2.80. The molecule has 0 N–H and O–H groups in total. The first-order valence-electron chi connectivity index (χ1n) is 5.23. The molecule has 0 spiro atoms. The number of carbonyl (C=O) groups is 1. The molecule has 0 aromatic rings. The smallest absolute Gasteiger partial charge is 0.334 e. The standard InChI is InChI=1S/C12H13NO3/c1-9(11(14)16-8-10-7-15-10)12(4-5-12)3-2-6-13/h2-3,10H,1,4-5,7-8H2. The second-order valence-corrected chi connectivity index (χ2v) is 4.15. The van der Waals surface area contributed by atoms with Crippen LogP contribution >= 0.6 is 0 Å². The third kappa shape index (κ3) is 2.31. The molecule has 4 nitrogen and oxygen atoms in total. The molecule has 1 saturated heterocycles. The molecule has 0 amide bonds. The summed E-state index contributed by atoms with van der Waals surface area (Å²) >= 11 is 0. The topological polar surface area (TPSA) is 62.6 Å². The number of nitriles is 1. The van der Waals surface area contributed by atoms with Gasteiger partial charge in [-0.3, -0.25) is 0 Å². The van der Waals surface area contributed by atoms with Gasteiger partial charge in [-0.25, -0.2) is 4.79 Å². The van der Waals surface area contributed by atoms with E-state index in [1.807, 2.05) is 6.07 Å². The summed E-state index contributed by atoms with van der Waals surface area (Å²) in [6.07, 6.45) is 4.93. The predicted molar refractivity (Wildman–Crippen MR) is 56.3 cm³/mol. The van der Waals surface area contributed by atoms with Crippen molar-refractivity contribution >= 4 is 5.97 Å². The highest BCUT2D eigenvalue weighted by Gasteiger charge is 2.46. The first-order chi connectivity index (χ1) is 7.68. The molecule has 4 heteroatoms. The summed E-state index contributed by atoms with van der Waals surface area (Å²) in [7, 11) is 0. The van der Waals surface area contributed by atoms with Crippen LogP contribution in [-0.4, -0.2) is 25.3 Å². The molecule has 1 unspecified atom stereocenters. The molecule has 1 heterocycles. The molecular formula is C12H13NO3. The highest BCUT2D eigenvalue weighted by Crippen LogP contribution is 2.52. The maximum absolute atomic E-state index is 11.6. The lowest BCUT2D eigenvalue weighted by molar-refractivity contribution is -0.140. The van der Waals surface area contributed by atoms with Crippen LogP contribution in [0.2, 0.25) is 0 Å². The second kappa shape index (κ2) is 4.11. The van der Waals surface area contributed by atoms with E-state index < -0.39 is 0 Å². The summed E-state index contributed by atoms with van der Waals surface area (Å²) in [6, 6.07) is 1.92. The fourth-order valence-electron chi connectivity index (χ4n) is 1.52. The molecule has 1 atom stereocenters. The van der Waals surface area contributed by atoms with Crippen molar-refractivity contribution in [1.29, 1.82) is 5.26 Å². The molecule has 0 aromatic heterocycles. The molecule has 1 aliphatic heterocycles. The predicted octanol–water partition coefficient (Wildman–Crippen LogP) is 1.34. The quantitative estimate of drug-likeness (QED) is 0.303. The number of allylic oxidation sites excluding steroid dienone is 2. The van der Waals surface area contributed by atoms with Crippen molar-refractivity contribution in [3.63, 3.8) is 0 Å². The van der Waals surface area contributed by atoms with E-state index in [4.69, 9.17) is 14.7 Å². The summed E-state index contributed by atoms with van der Waals surface area (Å²) in [5, 5.41) is 8.46. The molecule has 2 fully saturated rings. The Balaban J connectivity index is 1.88. The van der Waals surface area contributed by atoms with Crippen molar-refractivity contribution in [3.05, 3.63) is 24.3 Å². The molecule has 2 rings (SSSR count). The van der Waals surface area contributed by atoms with Crippen LogP contribution in [0, 0.1) is 16.7 Å². The minimum absolute atomic E-state index is 0.0709. The van der Waals surface area contributed by atoms with Crippen molar-refractivity contribution < 1.29 is 14.3 Å². The molecule has 2 aliphatic rings. The van der Waals surface area contributed by atoms with E-state index in [0.717, 1.165) is 12.8 Å². The van der Waals surface area contributed by atoms with Gasteiger partial charge in [0, 0.05) is 17.1 Å². The molecule has 0 bridgehead atoms. The zero-order valence-electron chi connectivity index (χ0n) is 8.94. The van der Waals surface area contributed by atoms with Crippen molar-refractivity contribution in [2.24, 2.45) is 5.41 Å². The zero-order chi connectivity index (χ0) is 11.6. The van der Waals surface area contributed by atoms with E-state index in [2.05, 4.69) is 6.58 Å². The molecule has 16 heavy (non-hydrogen) atoms. The summed E-state index contributed by atoms with van der Waals surface area (Å²) in [4.78, 5) is 11.6. The van der Waals surface area contributed by atoms with E-state index in [0.29, 0.717) is 18.8 Å². The van der Waals surface area contributed by atoms with E-state index in [1.54, 1.807) is 6.08 Å². The zero-order valence-corrected chi connectivity index (χ0v) is 8.94. The van der Waals surface area contributed by atoms with Crippen LogP contribution in [0.3, 0.4) is 0 Å². The monoisotopic (exact) mass is 219 g/mol. The van der Waals surface area contributed by atoms with Gasteiger partial charge in [0.15, 0.2) is 0 Å². The fourth-order valence-corrected chi connectivity index (χ4v) is 1.52. The van der Waals surface area contributed by atoms with Crippen molar-refractivity contribution in [3.8, 4) is 6.07 Å². The summed E-state index contributed by atoms with van der Waals surface area (Å²) in [6.45, 7) is 4.73. The molecule has 0 radical (unpaired) electrons. The van der Waals surface area contributed by atoms with Crippen molar-refractivity contribution in [2.45, 2.75) is 18.9 Å². The van der Waals surface area contributed by atoms with Crippen LogP contribution in [-0.2, 0) is 14.3 Å². The average Bonchev–Trinajstić information content (AvgIpc) is 3.16. The van der Waals surface area contributed by atoms with Gasteiger partial charge in [-0.15, -0.1) is 0 Å². The Bertz CT molecular complexity index is 384. The molecule has 1 aliphatic carbocycles. The summed E-state index contributed by atoms with van der Waals surface area (Å²) < 4.78 is 9.99. The number of carbonyl (C=O) groups excluding carboxylic acids is 1. The third-order valence-corrected chi connectivity index (χ3v) is 2.92. The summed E-state index contributed by atoms with van der Waals surface area (Å²) in [5.74, 6) is -0.379. The van der Waals surface area contributed by atoms with Crippen LogP contribution in [0.15, 0.2) is 24.3 Å². The Morgan fingerprint density at radius 3 is 2.88 bits per heavy atom. The molecule has 0 aromatic carbocycles. The van der Waals surface area contributed by atoms with Crippen LogP contribution < -0.4 is 0 Å². The van der Waals surface area contributed by atoms with Crippen molar-refractivity contribution in [2.75, 3.05) is 13.2 Å². The van der Waals surface area contributed by atoms with Gasteiger partial charge in [-0.1, -0.05) is 12.7 Å². The van der Waals surface area contributed by atoms with E-state index >= 15 is 0 Å². The number of esters is 1. The highest BCUT2D eigenvalue weighted by molar-refractivity contribution is 5.90. The van der Waals surface area contributed by atoms with Crippen LogP contribution in [0.1, 0.15) is 12.8 Å². The Morgan fingerprint density at radius 1 is 1.69 bits per heavy atom. The number of epoxide rings is 1. The average molecular weight is 219 g/mol. The third-order valence-electron chi connectivity index (χ3n) is 2.92. The number of hydrogen-bond donors (Lipinski definition) is 0. The fraction of sp³-hybridized carbons (Fsp3) is 0.500. The number of hydrogen-bond acceptors (Lipinski definition) is 4. The van der Waals surface area contributed by atoms with Gasteiger partial charge in [-0.2, -0.15) is 5.26 Å². The largest absolute Gasteiger partial charge is 0.459 e. The van der Waals surface area contributed by atoms with Crippen LogP contribution in [0.5, 0.6) is 0 Å². The second-order valence-electron chi connectivity index (χ2n) is 4.15. The Morgan fingerprint density at radius 2 is 2.38 bits per heavy atom. The first-order valence-corrected chi connectivity index (χ1v) is 5.23. The highest BCUT2D eigenvalue weighted by atomic mass is 16.6. The van der Waals surface area contributed by atoms with Gasteiger partial charge in [0.1, 0.15) is 12.7 Å². The maximum Gasteiger partial charge on any atom is 0.334 e. The maximum atomic E-state index is 11.6. The lowest BCUT2D eigenvalue weighted by atomic mass is 9.97. The van der Waals surface area contributed by atoms with Gasteiger partial charge in [0.25, 0.3) is 0 Å². The molecule has 84 valence electrons. The van der Waals surface area contributed by atoms with E-state index in [9.17, 15) is 4.79 Å². The molecule has 1 saturated carbocycles. The minimum atomic E-state index is -0.379.